The maximum atomic E-state index is 14.3. The molecule has 0 aliphatic heterocycles. The van der Waals surface area contributed by atoms with E-state index in [9.17, 15) is 14.4 Å². The fraction of sp³-hybridized carbons (Fsp3) is 0.828. The molecule has 0 N–H and O–H groups in total. The zero-order chi connectivity index (χ0) is 29.3. The van der Waals surface area contributed by atoms with Crippen molar-refractivity contribution in [3.63, 3.8) is 0 Å². The Bertz CT molecular complexity index is 1050. The van der Waals surface area contributed by atoms with Crippen LogP contribution >= 0.6 is 0 Å². The molecule has 8 nitrogen and oxygen atoms in total. The summed E-state index contributed by atoms with van der Waals surface area (Å²) in [6, 6.07) is 0. The molecule has 0 aromatic heterocycles. The van der Waals surface area contributed by atoms with Gasteiger partial charge in [0, 0.05) is 5.92 Å². The fourth-order valence-corrected chi connectivity index (χ4v) is 11.6. The van der Waals surface area contributed by atoms with Crippen molar-refractivity contribution < 1.29 is 37.4 Å². The van der Waals surface area contributed by atoms with Crippen LogP contribution in [-0.2, 0) is 37.4 Å². The van der Waals surface area contributed by atoms with Crippen LogP contribution in [0.1, 0.15) is 39.0 Å². The molecule has 0 saturated heterocycles. The number of fused-ring (bicyclic) bond motifs is 3. The second-order valence-electron chi connectivity index (χ2n) is 14.5. The van der Waals surface area contributed by atoms with E-state index in [2.05, 4.69) is 45.9 Å². The van der Waals surface area contributed by atoms with Crippen molar-refractivity contribution in [1.82, 2.24) is 0 Å². The van der Waals surface area contributed by atoms with Gasteiger partial charge in [0.25, 0.3) is 0 Å². The van der Waals surface area contributed by atoms with E-state index < -0.39 is 68.9 Å². The van der Waals surface area contributed by atoms with Crippen molar-refractivity contribution in [3.8, 4) is 0 Å². The van der Waals surface area contributed by atoms with Gasteiger partial charge in [-0.15, -0.1) is 0 Å². The molecule has 1 spiro atoms. The van der Waals surface area contributed by atoms with Crippen LogP contribution in [0.3, 0.4) is 0 Å². The number of hydrogen-bond acceptors (Lipinski definition) is 8. The van der Waals surface area contributed by atoms with E-state index in [1.807, 2.05) is 6.92 Å². The summed E-state index contributed by atoms with van der Waals surface area (Å²) in [5.41, 5.74) is -1.94. The third-order valence-corrected chi connectivity index (χ3v) is 12.1. The first-order valence-corrected chi connectivity index (χ1v) is 21.0. The average Bonchev–Trinajstić information content (AvgIpc) is 3.25. The Morgan fingerprint density at radius 3 is 1.95 bits per heavy atom. The van der Waals surface area contributed by atoms with Crippen molar-refractivity contribution in [3.05, 3.63) is 12.2 Å². The molecule has 4 unspecified atom stereocenters. The highest BCUT2D eigenvalue weighted by Gasteiger charge is 2.82. The van der Waals surface area contributed by atoms with Crippen molar-refractivity contribution in [2.24, 2.45) is 39.9 Å². The maximum absolute atomic E-state index is 14.3. The molecule has 10 heteroatoms. The topological polar surface area (TPSA) is 97.4 Å². The largest absolute Gasteiger partial charge is 0.469 e. The van der Waals surface area contributed by atoms with E-state index in [0.29, 0.717) is 12.8 Å². The van der Waals surface area contributed by atoms with Crippen LogP contribution < -0.4 is 0 Å². The molecular formula is C29H48O8Si2. The molecule has 9 atom stereocenters. The van der Waals surface area contributed by atoms with E-state index in [0.717, 1.165) is 24.8 Å². The third kappa shape index (κ3) is 4.48. The molecule has 4 fully saturated rings. The lowest BCUT2D eigenvalue weighted by molar-refractivity contribution is -0.209. The first kappa shape index (κ1) is 30.5. The minimum absolute atomic E-state index is 0.188. The molecule has 4 rings (SSSR count). The van der Waals surface area contributed by atoms with Crippen LogP contribution in [0.5, 0.6) is 0 Å². The van der Waals surface area contributed by atoms with E-state index >= 15 is 0 Å². The van der Waals surface area contributed by atoms with Gasteiger partial charge in [0.2, 0.25) is 0 Å². The number of methoxy groups -OCH3 is 3. The number of carbonyl (C=O) groups excluding carboxylic acids is 3. The standard InChI is InChI=1S/C29H48O8Si2/c1-17-14-28-15-18(17)12-13-20(28)29(26(32)35-5)16-19(36-38(6,7)8)23(37-39(9,10)11)27(2,25(31)34-4)22(29)21(28)24(30)33-3/h18-23H,1,12-16H2,2-11H3/t18-,19+,20?,21?,22?,23+,27?,28+,29-/m1/s1. The molecule has 4 aliphatic carbocycles. The molecule has 4 aliphatic rings. The zero-order valence-electron chi connectivity index (χ0n) is 25.5. The number of esters is 3. The quantitative estimate of drug-likeness (QED) is 0.181. The van der Waals surface area contributed by atoms with Crippen LogP contribution in [-0.4, -0.2) is 68.1 Å². The summed E-state index contributed by atoms with van der Waals surface area (Å²) in [6.45, 7) is 18.8. The van der Waals surface area contributed by atoms with Gasteiger partial charge in [0.1, 0.15) is 0 Å². The first-order valence-electron chi connectivity index (χ1n) is 14.2. The molecule has 2 bridgehead atoms. The van der Waals surface area contributed by atoms with Gasteiger partial charge in [-0.2, -0.15) is 0 Å². The Hall–Kier alpha value is -1.50. The molecular weight excluding hydrogens is 532 g/mol. The number of allylic oxidation sites excluding steroid dienone is 1. The average molecular weight is 581 g/mol. The molecule has 39 heavy (non-hydrogen) atoms. The Morgan fingerprint density at radius 2 is 1.44 bits per heavy atom. The number of hydrogen-bond donors (Lipinski definition) is 0. The molecule has 220 valence electrons. The summed E-state index contributed by atoms with van der Waals surface area (Å²) in [5, 5.41) is 0. The minimum Gasteiger partial charge on any atom is -0.469 e. The lowest BCUT2D eigenvalue weighted by atomic mass is 9.50. The van der Waals surface area contributed by atoms with Gasteiger partial charge in [0.15, 0.2) is 16.6 Å². The smallest absolute Gasteiger partial charge is 0.314 e. The van der Waals surface area contributed by atoms with Gasteiger partial charge in [-0.3, -0.25) is 14.4 Å². The second kappa shape index (κ2) is 9.81. The van der Waals surface area contributed by atoms with E-state index in [1.54, 1.807) is 0 Å². The fourth-order valence-electron chi connectivity index (χ4n) is 9.33. The highest BCUT2D eigenvalue weighted by atomic mass is 28.4. The molecule has 0 amide bonds. The highest BCUT2D eigenvalue weighted by molar-refractivity contribution is 6.70. The van der Waals surface area contributed by atoms with Gasteiger partial charge in [-0.25, -0.2) is 0 Å². The van der Waals surface area contributed by atoms with Crippen molar-refractivity contribution in [2.75, 3.05) is 21.3 Å². The number of carbonyl (C=O) groups is 3. The third-order valence-electron chi connectivity index (χ3n) is 10.1. The van der Waals surface area contributed by atoms with Gasteiger partial charge in [0.05, 0.1) is 50.3 Å². The van der Waals surface area contributed by atoms with Gasteiger partial charge >= 0.3 is 17.9 Å². The summed E-state index contributed by atoms with van der Waals surface area (Å²) in [5.74, 6) is -2.62. The lowest BCUT2D eigenvalue weighted by Crippen LogP contribution is -2.68. The second-order valence-corrected chi connectivity index (χ2v) is 23.4. The Balaban J connectivity index is 2.09. The van der Waals surface area contributed by atoms with E-state index in [4.69, 9.17) is 23.1 Å². The Labute approximate surface area is 235 Å². The van der Waals surface area contributed by atoms with Crippen molar-refractivity contribution in [1.29, 1.82) is 0 Å². The predicted molar refractivity (Wildman–Crippen MR) is 152 cm³/mol. The van der Waals surface area contributed by atoms with E-state index in [1.165, 1.54) is 21.3 Å². The van der Waals surface area contributed by atoms with E-state index in [-0.39, 0.29) is 17.8 Å². The Morgan fingerprint density at radius 1 is 0.846 bits per heavy atom. The molecule has 4 saturated carbocycles. The Kier molecular flexibility index (Phi) is 7.66. The highest BCUT2D eigenvalue weighted by Crippen LogP contribution is 2.78. The first-order chi connectivity index (χ1) is 17.9. The van der Waals surface area contributed by atoms with Crippen LogP contribution in [0, 0.1) is 39.9 Å². The predicted octanol–water partition coefficient (Wildman–Crippen LogP) is 4.95. The SMILES string of the molecule is C=C1C[C@]23C[C@H]1CCC2[C@]1(C(=O)OC)C[C@H](O[Si](C)(C)C)[C@H](O[Si](C)(C)C)C(C)(C(=O)OC)C1C3C(=O)OC. The minimum atomic E-state index is -2.26. The van der Waals surface area contributed by atoms with Gasteiger partial charge < -0.3 is 23.1 Å². The summed E-state index contributed by atoms with van der Waals surface area (Å²) in [4.78, 5) is 42.4. The molecule has 0 heterocycles. The number of rotatable bonds is 7. The monoisotopic (exact) mass is 580 g/mol. The molecule has 0 aromatic carbocycles. The van der Waals surface area contributed by atoms with Crippen LogP contribution in [0.25, 0.3) is 0 Å². The molecule has 0 radical (unpaired) electrons. The summed E-state index contributed by atoms with van der Waals surface area (Å²) in [6.07, 6.45) is 2.12. The maximum Gasteiger partial charge on any atom is 0.314 e. The normalized spacial score (nSPS) is 41.4. The lowest BCUT2D eigenvalue weighted by Gasteiger charge is -2.57. The van der Waals surface area contributed by atoms with Gasteiger partial charge in [-0.1, -0.05) is 12.2 Å². The zero-order valence-corrected chi connectivity index (χ0v) is 27.5. The van der Waals surface area contributed by atoms with Crippen LogP contribution in [0.4, 0.5) is 0 Å². The number of ether oxygens (including phenoxy) is 3. The summed E-state index contributed by atoms with van der Waals surface area (Å²) >= 11 is 0. The summed E-state index contributed by atoms with van der Waals surface area (Å²) < 4.78 is 30.3. The molecule has 0 aromatic rings. The van der Waals surface area contributed by atoms with Crippen molar-refractivity contribution >= 4 is 34.5 Å². The van der Waals surface area contributed by atoms with Crippen LogP contribution in [0.2, 0.25) is 39.3 Å². The summed E-state index contributed by atoms with van der Waals surface area (Å²) in [7, 11) is -0.285. The van der Waals surface area contributed by atoms with Gasteiger partial charge in [-0.05, 0) is 95.6 Å². The van der Waals surface area contributed by atoms with Crippen molar-refractivity contribution in [2.45, 2.75) is 90.5 Å². The van der Waals surface area contributed by atoms with Crippen LogP contribution in [0.15, 0.2) is 12.2 Å².